The van der Waals surface area contributed by atoms with E-state index in [1.54, 1.807) is 48.5 Å². The molecule has 3 aromatic carbocycles. The summed E-state index contributed by atoms with van der Waals surface area (Å²) in [7, 11) is 0. The molecule has 0 bridgehead atoms. The number of fused-ring (bicyclic) bond motifs is 2. The van der Waals surface area contributed by atoms with E-state index >= 15 is 0 Å². The predicted octanol–water partition coefficient (Wildman–Crippen LogP) is 7.95. The molecule has 5 nitrogen and oxygen atoms in total. The zero-order valence-corrected chi connectivity index (χ0v) is 21.3. The number of esters is 1. The quantitative estimate of drug-likeness (QED) is 0.202. The Labute approximate surface area is 223 Å². The van der Waals surface area contributed by atoms with Crippen molar-refractivity contribution in [2.24, 2.45) is 5.73 Å². The van der Waals surface area contributed by atoms with E-state index in [1.165, 1.54) is 17.4 Å². The van der Waals surface area contributed by atoms with Crippen molar-refractivity contribution in [3.05, 3.63) is 102 Å². The Morgan fingerprint density at radius 1 is 1.03 bits per heavy atom. The van der Waals surface area contributed by atoms with Gasteiger partial charge in [-0.05, 0) is 35.9 Å². The van der Waals surface area contributed by atoms with Crippen LogP contribution in [-0.2, 0) is 0 Å². The number of nitrogens with two attached hydrogens (primary N) is 1. The Kier molecular flexibility index (Phi) is 6.30. The predicted molar refractivity (Wildman–Crippen MR) is 139 cm³/mol. The average Bonchev–Trinajstić information content (AvgIpc) is 3.15. The van der Waals surface area contributed by atoms with Crippen molar-refractivity contribution in [1.29, 1.82) is 5.26 Å². The molecule has 0 fully saturated rings. The molecule has 0 aliphatic carbocycles. The maximum Gasteiger partial charge on any atom is 0.355 e. The molecule has 0 radical (unpaired) electrons. The van der Waals surface area contributed by atoms with Gasteiger partial charge in [-0.1, -0.05) is 64.6 Å². The minimum atomic E-state index is -0.620. The van der Waals surface area contributed by atoms with E-state index in [4.69, 9.17) is 61.6 Å². The minimum absolute atomic E-state index is 0.0519. The lowest BCUT2D eigenvalue weighted by atomic mass is 9.83. The van der Waals surface area contributed by atoms with Crippen LogP contribution in [0.3, 0.4) is 0 Å². The second kappa shape index (κ2) is 9.27. The van der Waals surface area contributed by atoms with Crippen molar-refractivity contribution < 1.29 is 14.3 Å². The smallest absolute Gasteiger partial charge is 0.355 e. The van der Waals surface area contributed by atoms with Crippen molar-refractivity contribution in [1.82, 2.24) is 0 Å². The SMILES string of the molecule is N#CC1=C(N)Oc2cc(OC(=O)c3sc4cc(Cl)ccc4c3Cl)ccc2C1c1ccc(Cl)c(Cl)c1. The fraction of sp³-hybridized carbons (Fsp3) is 0.0400. The van der Waals surface area contributed by atoms with Crippen LogP contribution >= 0.6 is 57.7 Å². The lowest BCUT2D eigenvalue weighted by Crippen LogP contribution is -2.21. The average molecular weight is 562 g/mol. The first-order valence-electron chi connectivity index (χ1n) is 10.0. The zero-order chi connectivity index (χ0) is 24.9. The van der Waals surface area contributed by atoms with Crippen LogP contribution < -0.4 is 15.2 Å². The second-order valence-electron chi connectivity index (χ2n) is 7.57. The van der Waals surface area contributed by atoms with Crippen molar-refractivity contribution in [2.75, 3.05) is 0 Å². The number of nitriles is 1. The molecule has 1 aliphatic heterocycles. The van der Waals surface area contributed by atoms with Crippen LogP contribution in [0.1, 0.15) is 26.7 Å². The standard InChI is InChI=1S/C25H12Cl4N2O3S/c26-12-2-4-15-20(8-12)35-23(22(15)29)25(32)33-13-3-5-14-19(9-13)34-24(31)16(10-30)21(14)11-1-6-17(27)18(28)7-11/h1-9,21H,31H2. The molecular formula is C25H12Cl4N2O3S. The number of benzene rings is 3. The highest BCUT2D eigenvalue weighted by molar-refractivity contribution is 7.21. The molecule has 0 spiro atoms. The van der Waals surface area contributed by atoms with Gasteiger partial charge in [0.05, 0.1) is 21.0 Å². The van der Waals surface area contributed by atoms with Crippen LogP contribution in [0.25, 0.3) is 10.1 Å². The zero-order valence-electron chi connectivity index (χ0n) is 17.4. The number of carbonyl (C=O) groups is 1. The highest BCUT2D eigenvalue weighted by atomic mass is 35.5. The van der Waals surface area contributed by atoms with Crippen LogP contribution in [0.2, 0.25) is 20.1 Å². The molecule has 4 aromatic rings. The van der Waals surface area contributed by atoms with Gasteiger partial charge in [0, 0.05) is 26.7 Å². The maximum absolute atomic E-state index is 12.9. The summed E-state index contributed by atoms with van der Waals surface area (Å²) in [6.45, 7) is 0. The van der Waals surface area contributed by atoms with Gasteiger partial charge in [0.15, 0.2) is 0 Å². The van der Waals surface area contributed by atoms with Crippen molar-refractivity contribution >= 4 is 73.8 Å². The number of allylic oxidation sites excluding steroid dienone is 1. The molecule has 1 unspecified atom stereocenters. The van der Waals surface area contributed by atoms with E-state index in [1.807, 2.05) is 0 Å². The Bertz CT molecular complexity index is 1610. The van der Waals surface area contributed by atoms with Gasteiger partial charge < -0.3 is 15.2 Å². The maximum atomic E-state index is 12.9. The highest BCUT2D eigenvalue weighted by Gasteiger charge is 2.31. The first kappa shape index (κ1) is 23.8. The second-order valence-corrected chi connectivity index (χ2v) is 10.3. The van der Waals surface area contributed by atoms with Gasteiger partial charge in [0.25, 0.3) is 0 Å². The van der Waals surface area contributed by atoms with E-state index in [9.17, 15) is 10.1 Å². The number of hydrogen-bond acceptors (Lipinski definition) is 6. The van der Waals surface area contributed by atoms with Gasteiger partial charge in [0.1, 0.15) is 28.0 Å². The van der Waals surface area contributed by atoms with E-state index in [-0.39, 0.29) is 22.1 Å². The first-order chi connectivity index (χ1) is 16.8. The number of thiophene rings is 1. The summed E-state index contributed by atoms with van der Waals surface area (Å²) in [5.41, 5.74) is 7.66. The molecule has 10 heteroatoms. The van der Waals surface area contributed by atoms with Crippen LogP contribution in [0.5, 0.6) is 11.5 Å². The van der Waals surface area contributed by atoms with Gasteiger partial charge >= 0.3 is 5.97 Å². The molecule has 5 rings (SSSR count). The van der Waals surface area contributed by atoms with Gasteiger partial charge in [-0.2, -0.15) is 5.26 Å². The monoisotopic (exact) mass is 560 g/mol. The lowest BCUT2D eigenvalue weighted by molar-refractivity contribution is 0.0740. The summed E-state index contributed by atoms with van der Waals surface area (Å²) in [5.74, 6) is -0.641. The molecule has 35 heavy (non-hydrogen) atoms. The van der Waals surface area contributed by atoms with Crippen LogP contribution in [0.4, 0.5) is 0 Å². The van der Waals surface area contributed by atoms with Crippen LogP contribution in [0.15, 0.2) is 66.1 Å². The minimum Gasteiger partial charge on any atom is -0.440 e. The third-order valence-corrected chi connectivity index (χ3v) is 8.07. The third kappa shape index (κ3) is 4.31. The summed E-state index contributed by atoms with van der Waals surface area (Å²) in [6.07, 6.45) is 0. The number of nitrogens with zero attached hydrogens (tertiary/aromatic N) is 1. The van der Waals surface area contributed by atoms with Crippen LogP contribution in [-0.4, -0.2) is 5.97 Å². The molecule has 2 heterocycles. The number of hydrogen-bond donors (Lipinski definition) is 1. The Balaban J connectivity index is 1.50. The lowest BCUT2D eigenvalue weighted by Gasteiger charge is -2.27. The Morgan fingerprint density at radius 2 is 1.83 bits per heavy atom. The largest absolute Gasteiger partial charge is 0.440 e. The molecule has 1 aromatic heterocycles. The van der Waals surface area contributed by atoms with E-state index in [0.29, 0.717) is 42.4 Å². The van der Waals surface area contributed by atoms with E-state index < -0.39 is 11.9 Å². The summed E-state index contributed by atoms with van der Waals surface area (Å²) < 4.78 is 12.1. The van der Waals surface area contributed by atoms with Gasteiger partial charge in [-0.3, -0.25) is 0 Å². The summed E-state index contributed by atoms with van der Waals surface area (Å²) in [4.78, 5) is 13.2. The molecule has 1 atom stereocenters. The molecule has 0 saturated heterocycles. The number of rotatable bonds is 3. The van der Waals surface area contributed by atoms with E-state index in [0.717, 1.165) is 4.70 Å². The van der Waals surface area contributed by atoms with E-state index in [2.05, 4.69) is 6.07 Å². The molecule has 174 valence electrons. The molecule has 0 saturated carbocycles. The summed E-state index contributed by atoms with van der Waals surface area (Å²) in [5, 5.41) is 12.0. The molecule has 0 amide bonds. The number of halogens is 4. The van der Waals surface area contributed by atoms with Crippen molar-refractivity contribution in [3.8, 4) is 17.6 Å². The Morgan fingerprint density at radius 3 is 2.57 bits per heavy atom. The topological polar surface area (TPSA) is 85.3 Å². The van der Waals surface area contributed by atoms with Crippen LogP contribution in [0, 0.1) is 11.3 Å². The highest BCUT2D eigenvalue weighted by Crippen LogP contribution is 2.45. The molecule has 1 aliphatic rings. The first-order valence-corrected chi connectivity index (χ1v) is 12.4. The Hall–Kier alpha value is -2.92. The van der Waals surface area contributed by atoms with Gasteiger partial charge in [-0.25, -0.2) is 4.79 Å². The fourth-order valence-electron chi connectivity index (χ4n) is 3.86. The summed E-state index contributed by atoms with van der Waals surface area (Å²) >= 11 is 25.9. The third-order valence-electron chi connectivity index (χ3n) is 5.45. The van der Waals surface area contributed by atoms with Gasteiger partial charge in [-0.15, -0.1) is 11.3 Å². The molecule has 2 N–H and O–H groups in total. The van der Waals surface area contributed by atoms with Gasteiger partial charge in [0.2, 0.25) is 5.88 Å². The normalized spacial score (nSPS) is 14.9. The fourth-order valence-corrected chi connectivity index (χ4v) is 5.83. The van der Waals surface area contributed by atoms with Crippen molar-refractivity contribution in [2.45, 2.75) is 5.92 Å². The summed E-state index contributed by atoms with van der Waals surface area (Å²) in [6, 6.07) is 17.3. The number of carbonyl (C=O) groups excluding carboxylic acids is 1. The molecular weight excluding hydrogens is 550 g/mol. The number of ether oxygens (including phenoxy) is 2. The van der Waals surface area contributed by atoms with Crippen molar-refractivity contribution in [3.63, 3.8) is 0 Å².